The number of hydrogen-bond donors (Lipinski definition) is 2. The summed E-state index contributed by atoms with van der Waals surface area (Å²) >= 11 is 0. The van der Waals surface area contributed by atoms with Crippen LogP contribution in [0.15, 0.2) is 36.7 Å². The van der Waals surface area contributed by atoms with E-state index < -0.39 is 0 Å². The van der Waals surface area contributed by atoms with Gasteiger partial charge < -0.3 is 15.0 Å². The molecule has 5 rings (SSSR count). The van der Waals surface area contributed by atoms with E-state index in [0.29, 0.717) is 30.6 Å². The molecule has 2 N–H and O–H groups in total. The van der Waals surface area contributed by atoms with Gasteiger partial charge in [0.2, 0.25) is 5.88 Å². The number of H-pyrrole nitrogens is 1. The summed E-state index contributed by atoms with van der Waals surface area (Å²) in [5.41, 5.74) is 4.34. The summed E-state index contributed by atoms with van der Waals surface area (Å²) in [7, 11) is 1.56. The van der Waals surface area contributed by atoms with Crippen LogP contribution in [-0.2, 0) is 19.5 Å². The van der Waals surface area contributed by atoms with Crippen LogP contribution < -0.4 is 10.1 Å². The number of unbranched alkanes of at least 4 members (excludes halogenated alkanes) is 1. The number of aryl methyl sites for hydroxylation is 2. The average Bonchev–Trinajstić information content (AvgIpc) is 3.43. The average molecular weight is 447 g/mol. The van der Waals surface area contributed by atoms with Crippen molar-refractivity contribution in [2.75, 3.05) is 7.11 Å². The van der Waals surface area contributed by atoms with Gasteiger partial charge in [0.1, 0.15) is 0 Å². The molecule has 0 saturated heterocycles. The minimum atomic E-state index is -0.266. The number of methoxy groups -OCH3 is 1. The summed E-state index contributed by atoms with van der Waals surface area (Å²) in [5, 5.41) is 20.7. The summed E-state index contributed by atoms with van der Waals surface area (Å²) in [6, 6.07) is 7.94. The molecule has 0 bridgehead atoms. The van der Waals surface area contributed by atoms with Crippen LogP contribution in [0.25, 0.3) is 11.0 Å². The number of aromatic nitrogens is 7. The van der Waals surface area contributed by atoms with Crippen molar-refractivity contribution in [2.45, 2.75) is 51.1 Å². The Balaban J connectivity index is 1.07. The van der Waals surface area contributed by atoms with Crippen molar-refractivity contribution < 1.29 is 9.53 Å². The van der Waals surface area contributed by atoms with E-state index in [-0.39, 0.29) is 5.91 Å². The third-order valence-corrected chi connectivity index (χ3v) is 5.77. The number of ether oxygens (including phenoxy) is 1. The molecule has 4 aromatic heterocycles. The lowest BCUT2D eigenvalue weighted by molar-refractivity contribution is 0.0945. The summed E-state index contributed by atoms with van der Waals surface area (Å²) in [6.07, 6.45) is 8.55. The minimum Gasteiger partial charge on any atom is -0.481 e. The quantitative estimate of drug-likeness (QED) is 0.359. The number of nitrogens with zero attached hydrogens (tertiary/aromatic N) is 6. The van der Waals surface area contributed by atoms with E-state index >= 15 is 0 Å². The number of rotatable bonds is 10. The summed E-state index contributed by atoms with van der Waals surface area (Å²) in [4.78, 5) is 19.8. The monoisotopic (exact) mass is 446 g/mol. The Kier molecular flexibility index (Phi) is 5.97. The molecule has 0 aromatic carbocycles. The van der Waals surface area contributed by atoms with E-state index in [1.54, 1.807) is 30.3 Å². The van der Waals surface area contributed by atoms with E-state index in [4.69, 9.17) is 4.74 Å². The van der Waals surface area contributed by atoms with Crippen molar-refractivity contribution in [2.24, 2.45) is 0 Å². The van der Waals surface area contributed by atoms with Crippen molar-refractivity contribution in [3.05, 3.63) is 59.3 Å². The second-order valence-electron chi connectivity index (χ2n) is 8.35. The third-order valence-electron chi connectivity index (χ3n) is 5.77. The van der Waals surface area contributed by atoms with Crippen LogP contribution in [0, 0.1) is 0 Å². The first-order valence-corrected chi connectivity index (χ1v) is 11.2. The highest BCUT2D eigenvalue weighted by molar-refractivity contribution is 5.91. The van der Waals surface area contributed by atoms with E-state index in [1.807, 2.05) is 6.07 Å². The summed E-state index contributed by atoms with van der Waals surface area (Å²) in [6.45, 7) is 1.05. The van der Waals surface area contributed by atoms with Gasteiger partial charge in [-0.05, 0) is 61.8 Å². The first kappa shape index (κ1) is 21.0. The molecule has 0 aliphatic heterocycles. The lowest BCUT2D eigenvalue weighted by Gasteiger charge is -2.04. The van der Waals surface area contributed by atoms with Crippen molar-refractivity contribution in [1.82, 2.24) is 40.5 Å². The number of carbonyl (C=O) groups is 1. The molecule has 10 heteroatoms. The maximum absolute atomic E-state index is 12.4. The summed E-state index contributed by atoms with van der Waals surface area (Å²) in [5.74, 6) is 0.920. The Morgan fingerprint density at radius 1 is 1.21 bits per heavy atom. The number of fused-ring (bicyclic) bond motifs is 1. The minimum absolute atomic E-state index is 0.266. The van der Waals surface area contributed by atoms with Crippen LogP contribution >= 0.6 is 0 Å². The predicted octanol–water partition coefficient (Wildman–Crippen LogP) is 2.78. The van der Waals surface area contributed by atoms with Crippen molar-refractivity contribution >= 4 is 16.9 Å². The van der Waals surface area contributed by atoms with Gasteiger partial charge in [0, 0.05) is 36.4 Å². The molecule has 1 amide bonds. The normalized spacial score (nSPS) is 13.4. The number of nitrogens with one attached hydrogen (secondary N) is 2. The van der Waals surface area contributed by atoms with Crippen molar-refractivity contribution in [3.63, 3.8) is 0 Å². The van der Waals surface area contributed by atoms with Gasteiger partial charge >= 0.3 is 0 Å². The molecule has 1 aliphatic carbocycles. The van der Waals surface area contributed by atoms with Crippen LogP contribution in [0.2, 0.25) is 0 Å². The zero-order valence-electron chi connectivity index (χ0n) is 18.5. The highest BCUT2D eigenvalue weighted by atomic mass is 16.5. The van der Waals surface area contributed by atoms with E-state index in [9.17, 15) is 4.79 Å². The maximum atomic E-state index is 12.4. The Hall–Kier alpha value is -3.82. The van der Waals surface area contributed by atoms with Crippen LogP contribution in [0.4, 0.5) is 0 Å². The van der Waals surface area contributed by atoms with E-state index in [1.165, 1.54) is 18.5 Å². The van der Waals surface area contributed by atoms with Gasteiger partial charge in [-0.3, -0.25) is 9.48 Å². The lowest BCUT2D eigenvalue weighted by atomic mass is 10.1. The second kappa shape index (κ2) is 9.35. The Bertz CT molecular complexity index is 1260. The Morgan fingerprint density at radius 3 is 2.97 bits per heavy atom. The smallest absolute Gasteiger partial charge is 0.273 e. The maximum Gasteiger partial charge on any atom is 0.273 e. The van der Waals surface area contributed by atoms with Gasteiger partial charge in [-0.2, -0.15) is 5.10 Å². The van der Waals surface area contributed by atoms with E-state index in [2.05, 4.69) is 47.9 Å². The molecule has 4 aromatic rings. The fourth-order valence-corrected chi connectivity index (χ4v) is 3.77. The van der Waals surface area contributed by atoms with Gasteiger partial charge in [-0.15, -0.1) is 10.2 Å². The molecule has 10 nitrogen and oxygen atoms in total. The molecular formula is C23H26N8O2. The third kappa shape index (κ3) is 5.16. The van der Waals surface area contributed by atoms with Crippen LogP contribution in [0.3, 0.4) is 0 Å². The molecule has 0 unspecified atom stereocenters. The summed E-state index contributed by atoms with van der Waals surface area (Å²) < 4.78 is 6.80. The predicted molar refractivity (Wildman–Crippen MR) is 121 cm³/mol. The van der Waals surface area contributed by atoms with Crippen LogP contribution in [0.1, 0.15) is 59.0 Å². The molecule has 1 fully saturated rings. The Morgan fingerprint density at radius 2 is 2.12 bits per heavy atom. The molecular weight excluding hydrogens is 420 g/mol. The van der Waals surface area contributed by atoms with Gasteiger partial charge in [0.05, 0.1) is 19.0 Å². The van der Waals surface area contributed by atoms with Crippen molar-refractivity contribution in [3.8, 4) is 5.88 Å². The molecule has 1 aliphatic rings. The van der Waals surface area contributed by atoms with E-state index in [0.717, 1.165) is 41.6 Å². The first-order chi connectivity index (χ1) is 16.2. The largest absolute Gasteiger partial charge is 0.481 e. The van der Waals surface area contributed by atoms with Crippen LogP contribution in [-0.4, -0.2) is 48.2 Å². The SMILES string of the molecule is COc1cc(CNC(=O)c2cn(CCCCc3cc4cc(C5CC5)[nH]c4nn3)nn2)ccn1. The highest BCUT2D eigenvalue weighted by Crippen LogP contribution is 2.40. The second-order valence-corrected chi connectivity index (χ2v) is 8.35. The standard InChI is InChI=1S/C23H26N8O2/c1-33-21-10-15(7-8-24-21)13-25-23(32)20-14-31(30-28-20)9-3-2-4-18-11-17-12-19(16-5-6-16)26-22(17)29-27-18/h7-8,10-12,14,16H,2-6,9,13H2,1H3,(H,25,32)(H,26,29). The molecule has 1 saturated carbocycles. The first-order valence-electron chi connectivity index (χ1n) is 11.2. The zero-order valence-corrected chi connectivity index (χ0v) is 18.5. The lowest BCUT2D eigenvalue weighted by Crippen LogP contribution is -2.23. The van der Waals surface area contributed by atoms with Gasteiger partial charge in [0.15, 0.2) is 11.3 Å². The topological polar surface area (TPSA) is 124 Å². The number of amides is 1. The molecule has 4 heterocycles. The number of carbonyl (C=O) groups excluding carboxylic acids is 1. The van der Waals surface area contributed by atoms with Crippen LogP contribution in [0.5, 0.6) is 5.88 Å². The van der Waals surface area contributed by atoms with Gasteiger partial charge in [0.25, 0.3) is 5.91 Å². The highest BCUT2D eigenvalue weighted by Gasteiger charge is 2.25. The fourth-order valence-electron chi connectivity index (χ4n) is 3.77. The van der Waals surface area contributed by atoms with Gasteiger partial charge in [-0.25, -0.2) is 4.98 Å². The number of hydrogen-bond acceptors (Lipinski definition) is 7. The number of pyridine rings is 1. The molecule has 0 radical (unpaired) electrons. The zero-order chi connectivity index (χ0) is 22.6. The Labute approximate surface area is 190 Å². The fraction of sp³-hybridized carbons (Fsp3) is 0.391. The van der Waals surface area contributed by atoms with Gasteiger partial charge in [-0.1, -0.05) is 5.21 Å². The van der Waals surface area contributed by atoms with Crippen molar-refractivity contribution in [1.29, 1.82) is 0 Å². The molecule has 0 spiro atoms. The molecule has 33 heavy (non-hydrogen) atoms. The number of aromatic amines is 1. The molecule has 0 atom stereocenters. The molecule has 170 valence electrons.